The van der Waals surface area contributed by atoms with Gasteiger partial charge in [0.05, 0.1) is 5.69 Å². The van der Waals surface area contributed by atoms with E-state index in [1.54, 1.807) is 4.68 Å². The minimum atomic E-state index is -0.212. The summed E-state index contributed by atoms with van der Waals surface area (Å²) in [7, 11) is 1.86. The van der Waals surface area contributed by atoms with Crippen LogP contribution in [0.4, 0.5) is 5.69 Å². The molecule has 2 N–H and O–H groups in total. The number of rotatable bonds is 4. The van der Waals surface area contributed by atoms with Crippen molar-refractivity contribution in [1.29, 1.82) is 0 Å². The van der Waals surface area contributed by atoms with Crippen molar-refractivity contribution in [3.05, 3.63) is 5.69 Å². The van der Waals surface area contributed by atoms with Gasteiger partial charge in [-0.2, -0.15) is 5.10 Å². The smallest absolute Gasteiger partial charge is 0.236 e. The van der Waals surface area contributed by atoms with Gasteiger partial charge in [0.1, 0.15) is 11.3 Å². The van der Waals surface area contributed by atoms with Crippen LogP contribution in [-0.4, -0.2) is 15.4 Å². The van der Waals surface area contributed by atoms with E-state index in [0.717, 1.165) is 12.1 Å². The molecule has 0 aliphatic heterocycles. The summed E-state index contributed by atoms with van der Waals surface area (Å²) in [5.74, 6) is 0.990. The summed E-state index contributed by atoms with van der Waals surface area (Å²) in [6, 6.07) is 0. The molecule has 0 aliphatic rings. The van der Waals surface area contributed by atoms with Crippen LogP contribution in [0.2, 0.25) is 0 Å². The Morgan fingerprint density at radius 1 is 1.44 bits per heavy atom. The summed E-state index contributed by atoms with van der Waals surface area (Å²) in [6.45, 7) is 10.3. The maximum Gasteiger partial charge on any atom is 0.236 e. The van der Waals surface area contributed by atoms with E-state index in [-0.39, 0.29) is 5.60 Å². The fourth-order valence-corrected chi connectivity index (χ4v) is 1.43. The van der Waals surface area contributed by atoms with E-state index < -0.39 is 0 Å². The average molecular weight is 225 g/mol. The van der Waals surface area contributed by atoms with Crippen molar-refractivity contribution >= 4 is 5.69 Å². The van der Waals surface area contributed by atoms with E-state index in [1.165, 1.54) is 0 Å². The molecule has 1 rings (SSSR count). The number of hydrogen-bond acceptors (Lipinski definition) is 3. The van der Waals surface area contributed by atoms with Crippen molar-refractivity contribution in [2.45, 2.75) is 52.6 Å². The first-order chi connectivity index (χ1) is 7.28. The van der Waals surface area contributed by atoms with Gasteiger partial charge in [0.25, 0.3) is 0 Å². The van der Waals surface area contributed by atoms with E-state index in [0.29, 0.717) is 17.5 Å². The minimum Gasteiger partial charge on any atom is -0.470 e. The first-order valence-electron chi connectivity index (χ1n) is 5.80. The molecule has 0 aromatic carbocycles. The molecule has 0 atom stereocenters. The zero-order chi connectivity index (χ0) is 12.5. The van der Waals surface area contributed by atoms with E-state index in [9.17, 15) is 0 Å². The Bertz CT molecular complexity index is 367. The number of nitrogens with two attached hydrogens (primary N) is 1. The van der Waals surface area contributed by atoms with Crippen LogP contribution < -0.4 is 10.5 Å². The van der Waals surface area contributed by atoms with Crippen molar-refractivity contribution in [2.75, 3.05) is 5.73 Å². The zero-order valence-corrected chi connectivity index (χ0v) is 11.2. The highest BCUT2D eigenvalue weighted by molar-refractivity contribution is 5.54. The molecule has 0 fully saturated rings. The molecular weight excluding hydrogens is 202 g/mol. The highest BCUT2D eigenvalue weighted by atomic mass is 16.5. The molecule has 0 spiro atoms. The highest BCUT2D eigenvalue weighted by Gasteiger charge is 2.23. The number of nitrogen functional groups attached to an aromatic ring is 1. The summed E-state index contributed by atoms with van der Waals surface area (Å²) in [5, 5.41) is 4.39. The molecule has 0 radical (unpaired) electrons. The molecule has 1 heterocycles. The van der Waals surface area contributed by atoms with E-state index in [2.05, 4.69) is 39.7 Å². The Morgan fingerprint density at radius 3 is 2.38 bits per heavy atom. The lowest BCUT2D eigenvalue weighted by Crippen LogP contribution is -2.28. The lowest BCUT2D eigenvalue weighted by molar-refractivity contribution is 0.0942. The molecule has 1 aromatic rings. The van der Waals surface area contributed by atoms with Gasteiger partial charge in [-0.25, -0.2) is 4.68 Å². The first kappa shape index (κ1) is 12.9. The Labute approximate surface area is 97.8 Å². The van der Waals surface area contributed by atoms with Gasteiger partial charge in [0, 0.05) is 7.05 Å². The van der Waals surface area contributed by atoms with Crippen molar-refractivity contribution in [2.24, 2.45) is 7.05 Å². The predicted octanol–water partition coefficient (Wildman–Crippen LogP) is 2.69. The quantitative estimate of drug-likeness (QED) is 0.857. The summed E-state index contributed by atoms with van der Waals surface area (Å²) < 4.78 is 7.64. The fraction of sp³-hybridized carbons (Fsp3) is 0.750. The molecule has 0 saturated carbocycles. The fourth-order valence-electron chi connectivity index (χ4n) is 1.43. The maximum absolute atomic E-state index is 6.06. The van der Waals surface area contributed by atoms with Crippen molar-refractivity contribution in [3.63, 3.8) is 0 Å². The summed E-state index contributed by atoms with van der Waals surface area (Å²) in [5.41, 5.74) is 7.42. The summed E-state index contributed by atoms with van der Waals surface area (Å²) in [6.07, 6.45) is 0.925. The zero-order valence-electron chi connectivity index (χ0n) is 11.2. The third kappa shape index (κ3) is 2.49. The highest BCUT2D eigenvalue weighted by Crippen LogP contribution is 2.32. The van der Waals surface area contributed by atoms with Crippen molar-refractivity contribution in [1.82, 2.24) is 9.78 Å². The van der Waals surface area contributed by atoms with Crippen molar-refractivity contribution in [3.8, 4) is 5.88 Å². The Kier molecular flexibility index (Phi) is 3.51. The van der Waals surface area contributed by atoms with Gasteiger partial charge in [-0.15, -0.1) is 0 Å². The topological polar surface area (TPSA) is 53.1 Å². The molecule has 0 bridgehead atoms. The molecule has 92 valence electrons. The van der Waals surface area contributed by atoms with Crippen LogP contribution in [-0.2, 0) is 7.05 Å². The van der Waals surface area contributed by atoms with Crippen LogP contribution in [0.15, 0.2) is 0 Å². The van der Waals surface area contributed by atoms with Crippen LogP contribution in [0.3, 0.4) is 0 Å². The molecule has 1 aromatic heterocycles. The second kappa shape index (κ2) is 4.36. The van der Waals surface area contributed by atoms with Gasteiger partial charge < -0.3 is 10.5 Å². The number of ether oxygens (including phenoxy) is 1. The van der Waals surface area contributed by atoms with Gasteiger partial charge in [-0.3, -0.25) is 0 Å². The Hall–Kier alpha value is -1.19. The van der Waals surface area contributed by atoms with Gasteiger partial charge in [-0.05, 0) is 26.2 Å². The van der Waals surface area contributed by atoms with E-state index in [4.69, 9.17) is 10.5 Å². The number of aryl methyl sites for hydroxylation is 1. The van der Waals surface area contributed by atoms with Gasteiger partial charge in [-0.1, -0.05) is 20.8 Å². The summed E-state index contributed by atoms with van der Waals surface area (Å²) in [4.78, 5) is 0. The average Bonchev–Trinajstić information content (AvgIpc) is 2.45. The van der Waals surface area contributed by atoms with Crippen LogP contribution in [0.1, 0.15) is 52.7 Å². The third-order valence-electron chi connectivity index (χ3n) is 2.83. The Balaban J connectivity index is 3.06. The molecular formula is C12H23N3O. The molecule has 0 saturated heterocycles. The molecule has 0 unspecified atom stereocenters. The lowest BCUT2D eigenvalue weighted by Gasteiger charge is -2.24. The Morgan fingerprint density at radius 2 is 2.00 bits per heavy atom. The monoisotopic (exact) mass is 225 g/mol. The normalized spacial score (nSPS) is 12.2. The van der Waals surface area contributed by atoms with E-state index >= 15 is 0 Å². The minimum absolute atomic E-state index is 0.212. The lowest BCUT2D eigenvalue weighted by atomic mass is 10.1. The van der Waals surface area contributed by atoms with Crippen LogP contribution >= 0.6 is 0 Å². The standard InChI is InChI=1S/C12H23N3O/c1-7-12(4,5)16-11-9(13)10(8(2)3)14-15(11)6/h8H,7,13H2,1-6H3. The largest absolute Gasteiger partial charge is 0.470 e. The molecule has 0 aliphatic carbocycles. The van der Waals surface area contributed by atoms with Gasteiger partial charge >= 0.3 is 0 Å². The molecule has 0 amide bonds. The van der Waals surface area contributed by atoms with Crippen LogP contribution in [0.5, 0.6) is 5.88 Å². The second-order valence-electron chi connectivity index (χ2n) is 5.10. The van der Waals surface area contributed by atoms with Gasteiger partial charge in [0.2, 0.25) is 5.88 Å². The summed E-state index contributed by atoms with van der Waals surface area (Å²) >= 11 is 0. The maximum atomic E-state index is 6.06. The van der Waals surface area contributed by atoms with Crippen molar-refractivity contribution < 1.29 is 4.74 Å². The van der Waals surface area contributed by atoms with Crippen LogP contribution in [0.25, 0.3) is 0 Å². The number of nitrogens with zero attached hydrogens (tertiary/aromatic N) is 2. The molecule has 4 heteroatoms. The number of anilines is 1. The number of aromatic nitrogens is 2. The third-order valence-corrected chi connectivity index (χ3v) is 2.83. The number of hydrogen-bond donors (Lipinski definition) is 1. The first-order valence-corrected chi connectivity index (χ1v) is 5.80. The van der Waals surface area contributed by atoms with Crippen LogP contribution in [0, 0.1) is 0 Å². The second-order valence-corrected chi connectivity index (χ2v) is 5.10. The SMILES string of the molecule is CCC(C)(C)Oc1c(N)c(C(C)C)nn1C. The van der Waals surface area contributed by atoms with Gasteiger partial charge in [0.15, 0.2) is 0 Å². The van der Waals surface area contributed by atoms with E-state index in [1.807, 2.05) is 7.05 Å². The molecule has 16 heavy (non-hydrogen) atoms. The predicted molar refractivity (Wildman–Crippen MR) is 66.7 cm³/mol. The molecule has 4 nitrogen and oxygen atoms in total.